The molecule has 0 saturated carbocycles. The summed E-state index contributed by atoms with van der Waals surface area (Å²) in [6.07, 6.45) is -4.69. The lowest BCUT2D eigenvalue weighted by molar-refractivity contribution is -0.274. The molecule has 1 aliphatic rings. The fraction of sp³-hybridized carbons (Fsp3) is 0.318. The predicted octanol–water partition coefficient (Wildman–Crippen LogP) is 4.59. The molecule has 0 aliphatic carbocycles. The number of alkyl halides is 3. The third-order valence-corrected chi connectivity index (χ3v) is 5.51. The number of fused-ring (bicyclic) bond motifs is 1. The Morgan fingerprint density at radius 2 is 1.70 bits per heavy atom. The summed E-state index contributed by atoms with van der Waals surface area (Å²) in [5, 5.41) is 1.01. The number of nitrogens with zero attached hydrogens (tertiary/aromatic N) is 2. The van der Waals surface area contributed by atoms with Gasteiger partial charge in [0.05, 0.1) is 0 Å². The van der Waals surface area contributed by atoms with Crippen molar-refractivity contribution >= 4 is 16.8 Å². The number of carbonyl (C=O) groups is 1. The topological polar surface area (TPSA) is 48.6 Å². The Bertz CT molecular complexity index is 989. The second-order valence-corrected chi connectivity index (χ2v) is 7.39. The maximum absolute atomic E-state index is 12.8. The highest BCUT2D eigenvalue weighted by Crippen LogP contribution is 2.27. The molecule has 1 amide bonds. The average molecular weight is 417 g/mol. The summed E-state index contributed by atoms with van der Waals surface area (Å²) in [5.41, 5.74) is 2.42. The van der Waals surface area contributed by atoms with Crippen LogP contribution in [0.5, 0.6) is 5.75 Å². The molecule has 5 nitrogen and oxygen atoms in total. The van der Waals surface area contributed by atoms with Crippen LogP contribution >= 0.6 is 0 Å². The predicted molar refractivity (Wildman–Crippen MR) is 107 cm³/mol. The summed E-state index contributed by atoms with van der Waals surface area (Å²) in [5.74, 6) is -0.251. The molecule has 2 heterocycles. The van der Waals surface area contributed by atoms with E-state index in [2.05, 4.69) is 14.6 Å². The highest BCUT2D eigenvalue weighted by atomic mass is 19.4. The number of benzene rings is 2. The highest BCUT2D eigenvalue weighted by molar-refractivity contribution is 5.98. The Balaban J connectivity index is 1.36. The monoisotopic (exact) mass is 417 g/mol. The van der Waals surface area contributed by atoms with Crippen LogP contribution in [0.1, 0.15) is 29.0 Å². The number of amides is 1. The number of piperazine rings is 1. The van der Waals surface area contributed by atoms with Gasteiger partial charge >= 0.3 is 6.36 Å². The third-order valence-electron chi connectivity index (χ3n) is 5.51. The van der Waals surface area contributed by atoms with Crippen molar-refractivity contribution in [1.29, 1.82) is 0 Å². The number of aromatic amines is 1. The molecule has 1 aliphatic heterocycles. The van der Waals surface area contributed by atoms with Crippen molar-refractivity contribution in [2.24, 2.45) is 0 Å². The van der Waals surface area contributed by atoms with Gasteiger partial charge in [-0.25, -0.2) is 0 Å². The van der Waals surface area contributed by atoms with Gasteiger partial charge in [-0.15, -0.1) is 13.2 Å². The van der Waals surface area contributed by atoms with Crippen molar-refractivity contribution < 1.29 is 22.7 Å². The summed E-state index contributed by atoms with van der Waals surface area (Å²) in [6.45, 7) is 4.57. The van der Waals surface area contributed by atoms with E-state index in [1.807, 2.05) is 42.2 Å². The number of H-pyrrole nitrogens is 1. The first kappa shape index (κ1) is 20.3. The first-order valence-corrected chi connectivity index (χ1v) is 9.77. The van der Waals surface area contributed by atoms with E-state index < -0.39 is 6.36 Å². The van der Waals surface area contributed by atoms with E-state index in [9.17, 15) is 18.0 Å². The molecular formula is C22H22F3N3O2. The van der Waals surface area contributed by atoms with Gasteiger partial charge in [-0.2, -0.15) is 0 Å². The molecule has 1 fully saturated rings. The van der Waals surface area contributed by atoms with Crippen LogP contribution in [0.3, 0.4) is 0 Å². The van der Waals surface area contributed by atoms with E-state index in [0.29, 0.717) is 31.9 Å². The zero-order valence-corrected chi connectivity index (χ0v) is 16.4. The Morgan fingerprint density at radius 3 is 2.33 bits per heavy atom. The van der Waals surface area contributed by atoms with Crippen molar-refractivity contribution in [3.8, 4) is 5.75 Å². The zero-order chi connectivity index (χ0) is 21.3. The number of rotatable bonds is 4. The van der Waals surface area contributed by atoms with E-state index in [4.69, 9.17) is 0 Å². The molecule has 4 rings (SSSR count). The number of carbonyl (C=O) groups excluding carboxylic acids is 1. The van der Waals surface area contributed by atoms with Gasteiger partial charge in [0.15, 0.2) is 0 Å². The molecule has 30 heavy (non-hydrogen) atoms. The van der Waals surface area contributed by atoms with E-state index >= 15 is 0 Å². The summed E-state index contributed by atoms with van der Waals surface area (Å²) in [6, 6.07) is 15.6. The van der Waals surface area contributed by atoms with Gasteiger partial charge in [-0.05, 0) is 36.8 Å². The van der Waals surface area contributed by atoms with Gasteiger partial charge < -0.3 is 14.6 Å². The number of aromatic nitrogens is 1. The minimum Gasteiger partial charge on any atom is -0.406 e. The van der Waals surface area contributed by atoms with Crippen molar-refractivity contribution in [2.75, 3.05) is 26.2 Å². The van der Waals surface area contributed by atoms with Crippen molar-refractivity contribution in [2.45, 2.75) is 19.3 Å². The van der Waals surface area contributed by atoms with Crippen LogP contribution in [-0.2, 0) is 0 Å². The molecular weight excluding hydrogens is 395 g/mol. The smallest absolute Gasteiger partial charge is 0.406 e. The van der Waals surface area contributed by atoms with Crippen LogP contribution in [0.4, 0.5) is 13.2 Å². The number of nitrogens with one attached hydrogen (secondary N) is 1. The van der Waals surface area contributed by atoms with Crippen molar-refractivity contribution in [1.82, 2.24) is 14.8 Å². The standard InChI is InChI=1S/C22H22F3N3O2/c1-15(16-6-8-18(9-7-16)30-22(23,24)25)27-10-12-28(13-11-27)21(29)20-14-17-4-2-3-5-19(17)26-20/h2-9,14-15,26H,10-13H2,1H3. The maximum atomic E-state index is 12.8. The lowest BCUT2D eigenvalue weighted by Crippen LogP contribution is -2.49. The second kappa shape index (κ2) is 8.02. The van der Waals surface area contributed by atoms with E-state index in [1.54, 1.807) is 12.1 Å². The van der Waals surface area contributed by atoms with Crippen LogP contribution < -0.4 is 4.74 Å². The zero-order valence-electron chi connectivity index (χ0n) is 16.4. The Morgan fingerprint density at radius 1 is 1.03 bits per heavy atom. The molecule has 0 spiro atoms. The Hall–Kier alpha value is -3.00. The second-order valence-electron chi connectivity index (χ2n) is 7.39. The molecule has 8 heteroatoms. The molecule has 1 unspecified atom stereocenters. The fourth-order valence-corrected chi connectivity index (χ4v) is 3.83. The molecule has 1 saturated heterocycles. The SMILES string of the molecule is CC(c1ccc(OC(F)(F)F)cc1)N1CCN(C(=O)c2cc3ccccc3[nH]2)CC1. The molecule has 1 aromatic heterocycles. The third kappa shape index (κ3) is 4.43. The summed E-state index contributed by atoms with van der Waals surface area (Å²) in [7, 11) is 0. The van der Waals surface area contributed by atoms with Gasteiger partial charge in [0, 0.05) is 43.1 Å². The summed E-state index contributed by atoms with van der Waals surface area (Å²) >= 11 is 0. The quantitative estimate of drug-likeness (QED) is 0.676. The average Bonchev–Trinajstić information content (AvgIpc) is 3.16. The van der Waals surface area contributed by atoms with Gasteiger partial charge in [-0.1, -0.05) is 30.3 Å². The molecule has 158 valence electrons. The number of hydrogen-bond acceptors (Lipinski definition) is 3. The number of ether oxygens (including phenoxy) is 1. The Labute approximate surface area is 172 Å². The van der Waals surface area contributed by atoms with E-state index in [1.165, 1.54) is 12.1 Å². The first-order chi connectivity index (χ1) is 14.3. The minimum atomic E-state index is -4.69. The molecule has 1 atom stereocenters. The molecule has 0 bridgehead atoms. The minimum absolute atomic E-state index is 0.0212. The molecule has 1 N–H and O–H groups in total. The van der Waals surface area contributed by atoms with Gasteiger partial charge in [-0.3, -0.25) is 9.69 Å². The van der Waals surface area contributed by atoms with Gasteiger partial charge in [0.1, 0.15) is 11.4 Å². The lowest BCUT2D eigenvalue weighted by atomic mass is 10.1. The Kier molecular flexibility index (Phi) is 5.42. The molecule has 2 aromatic carbocycles. The van der Waals surface area contributed by atoms with Crippen LogP contribution in [0.15, 0.2) is 54.6 Å². The highest BCUT2D eigenvalue weighted by Gasteiger charge is 2.31. The fourth-order valence-electron chi connectivity index (χ4n) is 3.83. The first-order valence-electron chi connectivity index (χ1n) is 9.77. The molecule has 3 aromatic rings. The number of para-hydroxylation sites is 1. The largest absolute Gasteiger partial charge is 0.573 e. The summed E-state index contributed by atoms with van der Waals surface area (Å²) < 4.78 is 40.9. The maximum Gasteiger partial charge on any atom is 0.573 e. The van der Waals surface area contributed by atoms with Crippen LogP contribution in [0, 0.1) is 0 Å². The van der Waals surface area contributed by atoms with Gasteiger partial charge in [0.25, 0.3) is 5.91 Å². The van der Waals surface area contributed by atoms with Gasteiger partial charge in [0.2, 0.25) is 0 Å². The summed E-state index contributed by atoms with van der Waals surface area (Å²) in [4.78, 5) is 20.1. The van der Waals surface area contributed by atoms with Crippen molar-refractivity contribution in [3.05, 3.63) is 65.9 Å². The number of hydrogen-bond donors (Lipinski definition) is 1. The molecule has 0 radical (unpaired) electrons. The van der Waals surface area contributed by atoms with Crippen LogP contribution in [-0.4, -0.2) is 53.2 Å². The lowest BCUT2D eigenvalue weighted by Gasteiger charge is -2.38. The van der Waals surface area contributed by atoms with E-state index in [-0.39, 0.29) is 17.7 Å². The van der Waals surface area contributed by atoms with Crippen LogP contribution in [0.25, 0.3) is 10.9 Å². The van der Waals surface area contributed by atoms with E-state index in [0.717, 1.165) is 16.5 Å². The normalized spacial score (nSPS) is 16.6. The number of halogens is 3. The van der Waals surface area contributed by atoms with Crippen LogP contribution in [0.2, 0.25) is 0 Å². The van der Waals surface area contributed by atoms with Crippen molar-refractivity contribution in [3.63, 3.8) is 0 Å².